The van der Waals surface area contributed by atoms with Gasteiger partial charge in [-0.25, -0.2) is 4.79 Å². The molecule has 0 aliphatic heterocycles. The van der Waals surface area contributed by atoms with Gasteiger partial charge in [-0.2, -0.15) is 0 Å². The van der Waals surface area contributed by atoms with Crippen molar-refractivity contribution in [2.45, 2.75) is 20.3 Å². The molecule has 0 saturated carbocycles. The van der Waals surface area contributed by atoms with Crippen LogP contribution < -0.4 is 20.1 Å². The molecule has 0 unspecified atom stereocenters. The van der Waals surface area contributed by atoms with Gasteiger partial charge in [0.1, 0.15) is 11.5 Å². The summed E-state index contributed by atoms with van der Waals surface area (Å²) in [5.41, 5.74) is 1.54. The Morgan fingerprint density at radius 2 is 1.89 bits per heavy atom. The summed E-state index contributed by atoms with van der Waals surface area (Å²) in [7, 11) is 3.16. The molecule has 0 aromatic heterocycles. The summed E-state index contributed by atoms with van der Waals surface area (Å²) < 4.78 is 10.5. The molecular weight excluding hydrogens is 232 g/mol. The molecule has 1 rings (SSSR count). The van der Waals surface area contributed by atoms with Crippen LogP contribution in [0.1, 0.15) is 18.9 Å². The number of urea groups is 1. The minimum Gasteiger partial charge on any atom is -0.496 e. The molecule has 100 valence electrons. The molecular formula is C13H20N2O3. The molecule has 18 heavy (non-hydrogen) atoms. The minimum atomic E-state index is -0.249. The van der Waals surface area contributed by atoms with E-state index >= 15 is 0 Å². The lowest BCUT2D eigenvalue weighted by atomic mass is 10.2. The van der Waals surface area contributed by atoms with Crippen LogP contribution in [0.3, 0.4) is 0 Å². The Bertz CT molecular complexity index is 419. The molecule has 5 nitrogen and oxygen atoms in total. The lowest BCUT2D eigenvalue weighted by molar-refractivity contribution is 0.252. The summed E-state index contributed by atoms with van der Waals surface area (Å²) >= 11 is 0. The quantitative estimate of drug-likeness (QED) is 0.846. The molecule has 1 aromatic rings. The summed E-state index contributed by atoms with van der Waals surface area (Å²) in [6.07, 6.45) is 0.891. The van der Waals surface area contributed by atoms with Gasteiger partial charge in [0.2, 0.25) is 0 Å². The van der Waals surface area contributed by atoms with E-state index in [4.69, 9.17) is 9.47 Å². The van der Waals surface area contributed by atoms with E-state index in [1.165, 1.54) is 0 Å². The van der Waals surface area contributed by atoms with E-state index in [0.717, 1.165) is 12.0 Å². The number of carbonyl (C=O) groups excluding carboxylic acids is 1. The second-order valence-electron chi connectivity index (χ2n) is 3.90. The molecule has 0 aliphatic rings. The van der Waals surface area contributed by atoms with Gasteiger partial charge < -0.3 is 20.1 Å². The van der Waals surface area contributed by atoms with Crippen molar-refractivity contribution in [3.63, 3.8) is 0 Å². The lowest BCUT2D eigenvalue weighted by Crippen LogP contribution is -2.29. The number of methoxy groups -OCH3 is 2. The summed E-state index contributed by atoms with van der Waals surface area (Å²) in [6.45, 7) is 4.55. The van der Waals surface area contributed by atoms with E-state index in [2.05, 4.69) is 10.6 Å². The molecule has 0 radical (unpaired) electrons. The van der Waals surface area contributed by atoms with Gasteiger partial charge in [0.25, 0.3) is 0 Å². The highest BCUT2D eigenvalue weighted by molar-refractivity contribution is 5.91. The van der Waals surface area contributed by atoms with E-state index in [-0.39, 0.29) is 6.03 Å². The molecule has 0 spiro atoms. The highest BCUT2D eigenvalue weighted by atomic mass is 16.5. The van der Waals surface area contributed by atoms with Crippen LogP contribution in [0, 0.1) is 6.92 Å². The molecule has 0 heterocycles. The molecule has 0 atom stereocenters. The molecule has 5 heteroatoms. The van der Waals surface area contributed by atoms with Gasteiger partial charge in [-0.3, -0.25) is 0 Å². The molecule has 2 amide bonds. The summed E-state index contributed by atoms with van der Waals surface area (Å²) in [6, 6.07) is 3.33. The average molecular weight is 252 g/mol. The van der Waals surface area contributed by atoms with Crippen LogP contribution in [-0.2, 0) is 0 Å². The fourth-order valence-corrected chi connectivity index (χ4v) is 1.55. The Hall–Kier alpha value is -1.91. The number of amides is 2. The fraction of sp³-hybridized carbons (Fsp3) is 0.462. The highest BCUT2D eigenvalue weighted by Gasteiger charge is 2.10. The van der Waals surface area contributed by atoms with Crippen molar-refractivity contribution in [3.05, 3.63) is 17.7 Å². The summed E-state index contributed by atoms with van der Waals surface area (Å²) in [5, 5.41) is 5.48. The van der Waals surface area contributed by atoms with Gasteiger partial charge in [0.15, 0.2) is 0 Å². The SMILES string of the molecule is CCCNC(=O)Nc1cc(OC)c(C)cc1OC. The van der Waals surface area contributed by atoms with Crippen LogP contribution in [0.25, 0.3) is 0 Å². The van der Waals surface area contributed by atoms with Gasteiger partial charge in [-0.1, -0.05) is 6.92 Å². The Kier molecular flexibility index (Phi) is 5.30. The molecule has 0 aliphatic carbocycles. The van der Waals surface area contributed by atoms with E-state index < -0.39 is 0 Å². The van der Waals surface area contributed by atoms with Crippen molar-refractivity contribution in [2.75, 3.05) is 26.1 Å². The van der Waals surface area contributed by atoms with Gasteiger partial charge in [0, 0.05) is 12.6 Å². The molecule has 2 N–H and O–H groups in total. The van der Waals surface area contributed by atoms with Gasteiger partial charge in [-0.05, 0) is 25.0 Å². The third-order valence-electron chi connectivity index (χ3n) is 2.50. The predicted molar refractivity (Wildman–Crippen MR) is 71.6 cm³/mol. The summed E-state index contributed by atoms with van der Waals surface area (Å²) in [4.78, 5) is 11.6. The van der Waals surface area contributed by atoms with Crippen molar-refractivity contribution < 1.29 is 14.3 Å². The lowest BCUT2D eigenvalue weighted by Gasteiger charge is -2.14. The first-order valence-corrected chi connectivity index (χ1v) is 5.89. The van der Waals surface area contributed by atoms with Crippen LogP contribution in [0.5, 0.6) is 11.5 Å². The number of carbonyl (C=O) groups is 1. The highest BCUT2D eigenvalue weighted by Crippen LogP contribution is 2.32. The maximum Gasteiger partial charge on any atom is 0.319 e. The Labute approximate surface area is 107 Å². The van der Waals surface area contributed by atoms with Crippen LogP contribution in [0.4, 0.5) is 10.5 Å². The largest absolute Gasteiger partial charge is 0.496 e. The molecule has 0 bridgehead atoms. The first kappa shape index (κ1) is 14.2. The number of ether oxygens (including phenoxy) is 2. The number of hydrogen-bond acceptors (Lipinski definition) is 3. The fourth-order valence-electron chi connectivity index (χ4n) is 1.55. The molecule has 0 saturated heterocycles. The zero-order valence-corrected chi connectivity index (χ0v) is 11.3. The van der Waals surface area contributed by atoms with Crippen molar-refractivity contribution in [1.82, 2.24) is 5.32 Å². The van der Waals surface area contributed by atoms with Gasteiger partial charge in [0.05, 0.1) is 19.9 Å². The van der Waals surface area contributed by atoms with Gasteiger partial charge >= 0.3 is 6.03 Å². The normalized spacial score (nSPS) is 9.78. The predicted octanol–water partition coefficient (Wildman–Crippen LogP) is 2.54. The number of aryl methyl sites for hydroxylation is 1. The smallest absolute Gasteiger partial charge is 0.319 e. The number of hydrogen-bond donors (Lipinski definition) is 2. The van der Waals surface area contributed by atoms with E-state index in [9.17, 15) is 4.79 Å². The zero-order chi connectivity index (χ0) is 13.5. The van der Waals surface area contributed by atoms with Crippen LogP contribution in [0.2, 0.25) is 0 Å². The number of rotatable bonds is 5. The maximum atomic E-state index is 11.6. The van der Waals surface area contributed by atoms with Crippen LogP contribution in [0.15, 0.2) is 12.1 Å². The monoisotopic (exact) mass is 252 g/mol. The van der Waals surface area contributed by atoms with E-state index in [0.29, 0.717) is 23.7 Å². The first-order valence-electron chi connectivity index (χ1n) is 5.89. The number of anilines is 1. The summed E-state index contributed by atoms with van der Waals surface area (Å²) in [5.74, 6) is 1.32. The Balaban J connectivity index is 2.89. The van der Waals surface area contributed by atoms with E-state index in [1.54, 1.807) is 20.3 Å². The third kappa shape index (κ3) is 3.55. The Morgan fingerprint density at radius 3 is 2.44 bits per heavy atom. The molecule has 1 aromatic carbocycles. The molecule has 0 fully saturated rings. The van der Waals surface area contributed by atoms with Gasteiger partial charge in [-0.15, -0.1) is 0 Å². The van der Waals surface area contributed by atoms with Crippen molar-refractivity contribution in [1.29, 1.82) is 0 Å². The zero-order valence-electron chi connectivity index (χ0n) is 11.3. The van der Waals surface area contributed by atoms with Crippen molar-refractivity contribution in [2.24, 2.45) is 0 Å². The number of benzene rings is 1. The second kappa shape index (κ2) is 6.74. The third-order valence-corrected chi connectivity index (χ3v) is 2.50. The van der Waals surface area contributed by atoms with Crippen molar-refractivity contribution in [3.8, 4) is 11.5 Å². The minimum absolute atomic E-state index is 0.249. The maximum absolute atomic E-state index is 11.6. The standard InChI is InChI=1S/C13H20N2O3/c1-5-6-14-13(16)15-10-8-11(17-3)9(2)7-12(10)18-4/h7-8H,5-6H2,1-4H3,(H2,14,15,16). The van der Waals surface area contributed by atoms with E-state index in [1.807, 2.05) is 19.9 Å². The topological polar surface area (TPSA) is 59.6 Å². The first-order chi connectivity index (χ1) is 8.62. The average Bonchev–Trinajstić information content (AvgIpc) is 2.37. The van der Waals surface area contributed by atoms with Crippen molar-refractivity contribution >= 4 is 11.7 Å². The Morgan fingerprint density at radius 1 is 1.22 bits per heavy atom. The van der Waals surface area contributed by atoms with Crippen LogP contribution in [-0.4, -0.2) is 26.8 Å². The second-order valence-corrected chi connectivity index (χ2v) is 3.90. The number of nitrogens with one attached hydrogen (secondary N) is 2. The van der Waals surface area contributed by atoms with Crippen LogP contribution >= 0.6 is 0 Å².